The number of benzene rings is 2. The summed E-state index contributed by atoms with van der Waals surface area (Å²) in [5.41, 5.74) is 2.28. The number of carbonyl (C=O) groups is 1. The van der Waals surface area contributed by atoms with Crippen LogP contribution in [0.1, 0.15) is 6.42 Å². The maximum atomic E-state index is 13.1. The van der Waals surface area contributed by atoms with E-state index in [1.54, 1.807) is 17.7 Å². The first-order valence-electron chi connectivity index (χ1n) is 11.1. The molecule has 0 saturated carbocycles. The average Bonchev–Trinajstić information content (AvgIpc) is 3.32. The van der Waals surface area contributed by atoms with Crippen LogP contribution in [0.3, 0.4) is 0 Å². The number of carbonyl (C=O) groups excluding carboxylic acids is 1. The van der Waals surface area contributed by atoms with Crippen LogP contribution in [0.15, 0.2) is 63.9 Å². The number of fused-ring (bicyclic) bond motifs is 1. The largest absolute Gasteiger partial charge is 0.497 e. The van der Waals surface area contributed by atoms with E-state index >= 15 is 0 Å². The second-order valence-corrected chi connectivity index (χ2v) is 9.93. The third kappa shape index (κ3) is 6.27. The highest BCUT2D eigenvalue weighted by atomic mass is 32.2. The molecule has 0 saturated heterocycles. The van der Waals surface area contributed by atoms with Gasteiger partial charge >= 0.3 is 0 Å². The van der Waals surface area contributed by atoms with Crippen molar-refractivity contribution < 1.29 is 9.53 Å². The number of aromatic nitrogens is 3. The van der Waals surface area contributed by atoms with Gasteiger partial charge in [-0.05, 0) is 63.5 Å². The summed E-state index contributed by atoms with van der Waals surface area (Å²) in [5, 5.41) is 6.41. The SMILES string of the molecule is COc1ccc(-c2csc(NC(=O)CSc3nc4ccccc4c(=O)n3CCCN(C)C)n2)cc1. The molecule has 1 amide bonds. The number of hydrogen-bond donors (Lipinski definition) is 1. The van der Waals surface area contributed by atoms with Crippen molar-refractivity contribution in [1.29, 1.82) is 0 Å². The summed E-state index contributed by atoms with van der Waals surface area (Å²) in [5.74, 6) is 0.695. The topological polar surface area (TPSA) is 89.3 Å². The Hall–Kier alpha value is -3.21. The molecule has 0 atom stereocenters. The zero-order chi connectivity index (χ0) is 24.8. The van der Waals surface area contributed by atoms with Gasteiger partial charge in [0, 0.05) is 17.5 Å². The molecule has 35 heavy (non-hydrogen) atoms. The fourth-order valence-electron chi connectivity index (χ4n) is 3.51. The summed E-state index contributed by atoms with van der Waals surface area (Å²) in [6.45, 7) is 1.39. The molecule has 182 valence electrons. The highest BCUT2D eigenvalue weighted by Crippen LogP contribution is 2.27. The molecule has 0 aliphatic carbocycles. The quantitative estimate of drug-likeness (QED) is 0.253. The predicted molar refractivity (Wildman–Crippen MR) is 143 cm³/mol. The van der Waals surface area contributed by atoms with E-state index in [-0.39, 0.29) is 17.2 Å². The van der Waals surface area contributed by atoms with E-state index < -0.39 is 0 Å². The average molecular weight is 510 g/mol. The second-order valence-electron chi connectivity index (χ2n) is 8.13. The summed E-state index contributed by atoms with van der Waals surface area (Å²) >= 11 is 2.63. The monoisotopic (exact) mass is 509 g/mol. The number of rotatable bonds is 10. The van der Waals surface area contributed by atoms with Gasteiger partial charge in [-0.2, -0.15) is 0 Å². The van der Waals surface area contributed by atoms with Gasteiger partial charge in [0.1, 0.15) is 5.75 Å². The molecule has 2 aromatic carbocycles. The first-order chi connectivity index (χ1) is 16.9. The van der Waals surface area contributed by atoms with Crippen LogP contribution in [-0.4, -0.2) is 58.8 Å². The standard InChI is InChI=1S/C25H27N5O3S2/c1-29(2)13-6-14-30-23(32)19-7-4-5-8-20(19)27-25(30)35-16-22(31)28-24-26-21(15-34-24)17-9-11-18(33-3)12-10-17/h4-5,7-12,15H,6,13-14,16H2,1-3H3,(H,26,28,31). The van der Waals surface area contributed by atoms with E-state index in [2.05, 4.69) is 20.2 Å². The van der Waals surface area contributed by atoms with E-state index in [1.807, 2.05) is 61.9 Å². The molecule has 4 aromatic rings. The Morgan fingerprint density at radius 2 is 1.91 bits per heavy atom. The second kappa shape index (κ2) is 11.5. The molecule has 4 rings (SSSR count). The minimum Gasteiger partial charge on any atom is -0.497 e. The lowest BCUT2D eigenvalue weighted by Crippen LogP contribution is -2.26. The van der Waals surface area contributed by atoms with Crippen molar-refractivity contribution in [3.05, 3.63) is 64.3 Å². The summed E-state index contributed by atoms with van der Waals surface area (Å²) in [7, 11) is 5.63. The molecule has 0 aliphatic heterocycles. The fraction of sp³-hybridized carbons (Fsp3) is 0.280. The number of thiazole rings is 1. The van der Waals surface area contributed by atoms with E-state index in [1.165, 1.54) is 23.1 Å². The lowest BCUT2D eigenvalue weighted by molar-refractivity contribution is -0.113. The Kier molecular flexibility index (Phi) is 8.17. The Morgan fingerprint density at radius 1 is 1.14 bits per heavy atom. The number of nitrogens with zero attached hydrogens (tertiary/aromatic N) is 4. The lowest BCUT2D eigenvalue weighted by atomic mass is 10.2. The third-order valence-electron chi connectivity index (χ3n) is 5.28. The highest BCUT2D eigenvalue weighted by molar-refractivity contribution is 7.99. The van der Waals surface area contributed by atoms with Crippen LogP contribution >= 0.6 is 23.1 Å². The molecule has 0 spiro atoms. The highest BCUT2D eigenvalue weighted by Gasteiger charge is 2.14. The van der Waals surface area contributed by atoms with Crippen LogP contribution in [0, 0.1) is 0 Å². The number of methoxy groups -OCH3 is 1. The molecule has 2 heterocycles. The minimum atomic E-state index is -0.201. The molecule has 1 N–H and O–H groups in total. The number of nitrogens with one attached hydrogen (secondary N) is 1. The van der Waals surface area contributed by atoms with Crippen molar-refractivity contribution in [2.75, 3.05) is 38.8 Å². The van der Waals surface area contributed by atoms with E-state index in [0.29, 0.717) is 27.7 Å². The van der Waals surface area contributed by atoms with Gasteiger partial charge in [0.15, 0.2) is 10.3 Å². The smallest absolute Gasteiger partial charge is 0.262 e. The first-order valence-corrected chi connectivity index (χ1v) is 13.0. The van der Waals surface area contributed by atoms with Crippen molar-refractivity contribution in [3.8, 4) is 17.0 Å². The maximum absolute atomic E-state index is 13.1. The summed E-state index contributed by atoms with van der Waals surface area (Å²) in [4.78, 5) is 37.1. The van der Waals surface area contributed by atoms with Gasteiger partial charge in [-0.15, -0.1) is 11.3 Å². The summed E-state index contributed by atoms with van der Waals surface area (Å²) < 4.78 is 6.87. The first kappa shape index (κ1) is 24.9. The lowest BCUT2D eigenvalue weighted by Gasteiger charge is -2.14. The van der Waals surface area contributed by atoms with Crippen molar-refractivity contribution in [2.45, 2.75) is 18.1 Å². The summed E-state index contributed by atoms with van der Waals surface area (Å²) in [6, 6.07) is 14.9. The van der Waals surface area contributed by atoms with Crippen molar-refractivity contribution in [3.63, 3.8) is 0 Å². The Balaban J connectivity index is 1.45. The van der Waals surface area contributed by atoms with E-state index in [0.717, 1.165) is 30.0 Å². The zero-order valence-corrected chi connectivity index (χ0v) is 21.5. The number of ether oxygens (including phenoxy) is 1. The molecule has 0 aliphatic rings. The van der Waals surface area contributed by atoms with Gasteiger partial charge in [0.05, 0.1) is 29.5 Å². The zero-order valence-electron chi connectivity index (χ0n) is 19.9. The van der Waals surface area contributed by atoms with Gasteiger partial charge < -0.3 is 15.0 Å². The number of para-hydroxylation sites is 1. The normalized spacial score (nSPS) is 11.2. The Morgan fingerprint density at radius 3 is 2.66 bits per heavy atom. The molecule has 0 fully saturated rings. The Labute approximate surface area is 212 Å². The van der Waals surface area contributed by atoms with E-state index in [9.17, 15) is 9.59 Å². The summed E-state index contributed by atoms with van der Waals surface area (Å²) in [6.07, 6.45) is 0.805. The predicted octanol–water partition coefficient (Wildman–Crippen LogP) is 4.21. The van der Waals surface area contributed by atoms with Gasteiger partial charge in [-0.1, -0.05) is 23.9 Å². The van der Waals surface area contributed by atoms with Gasteiger partial charge in [0.25, 0.3) is 5.56 Å². The molecule has 0 radical (unpaired) electrons. The van der Waals surface area contributed by atoms with Gasteiger partial charge in [-0.3, -0.25) is 14.2 Å². The van der Waals surface area contributed by atoms with Crippen molar-refractivity contribution in [1.82, 2.24) is 19.4 Å². The third-order valence-corrected chi connectivity index (χ3v) is 7.02. The molecular weight excluding hydrogens is 482 g/mol. The number of amides is 1. The van der Waals surface area contributed by atoms with Crippen LogP contribution in [0.25, 0.3) is 22.2 Å². The van der Waals surface area contributed by atoms with E-state index in [4.69, 9.17) is 4.74 Å². The number of anilines is 1. The molecule has 8 nitrogen and oxygen atoms in total. The molecule has 2 aromatic heterocycles. The van der Waals surface area contributed by atoms with Crippen molar-refractivity contribution in [2.24, 2.45) is 0 Å². The van der Waals surface area contributed by atoms with Crippen LogP contribution in [0.2, 0.25) is 0 Å². The van der Waals surface area contributed by atoms with Crippen molar-refractivity contribution >= 4 is 45.0 Å². The van der Waals surface area contributed by atoms with Crippen LogP contribution < -0.4 is 15.6 Å². The molecule has 0 unspecified atom stereocenters. The maximum Gasteiger partial charge on any atom is 0.262 e. The fourth-order valence-corrected chi connectivity index (χ4v) is 5.07. The Bertz CT molecular complexity index is 1370. The molecule has 10 heteroatoms. The minimum absolute atomic E-state index is 0.0821. The van der Waals surface area contributed by atoms with Crippen LogP contribution in [0.4, 0.5) is 5.13 Å². The van der Waals surface area contributed by atoms with Gasteiger partial charge in [0.2, 0.25) is 5.91 Å². The van der Waals surface area contributed by atoms with Crippen LogP contribution in [0.5, 0.6) is 5.75 Å². The number of hydrogen-bond acceptors (Lipinski definition) is 8. The van der Waals surface area contributed by atoms with Gasteiger partial charge in [-0.25, -0.2) is 9.97 Å². The molecule has 0 bridgehead atoms. The number of thioether (sulfide) groups is 1. The van der Waals surface area contributed by atoms with Crippen LogP contribution in [-0.2, 0) is 11.3 Å². The molecular formula is C25H27N5O3S2.